The van der Waals surface area contributed by atoms with Crippen molar-refractivity contribution in [1.82, 2.24) is 9.97 Å². The zero-order chi connectivity index (χ0) is 14.5. The van der Waals surface area contributed by atoms with Crippen molar-refractivity contribution in [3.8, 4) is 6.07 Å². The fourth-order valence-electron chi connectivity index (χ4n) is 1.54. The Hall–Kier alpha value is -2.17. The highest BCUT2D eigenvalue weighted by molar-refractivity contribution is 7.09. The summed E-state index contributed by atoms with van der Waals surface area (Å²) in [5.41, 5.74) is 5.40. The van der Waals surface area contributed by atoms with Crippen LogP contribution in [0.1, 0.15) is 10.6 Å². The number of aromatic nitrogens is 2. The molecule has 0 radical (unpaired) electrons. The van der Waals surface area contributed by atoms with Crippen molar-refractivity contribution in [2.45, 2.75) is 12.5 Å². The molecule has 0 saturated heterocycles. The first kappa shape index (κ1) is 14.2. The molecule has 8 heteroatoms. The van der Waals surface area contributed by atoms with Crippen molar-refractivity contribution in [2.75, 3.05) is 5.32 Å². The fourth-order valence-corrected chi connectivity index (χ4v) is 2.48. The molecule has 2 heterocycles. The number of amides is 1. The summed E-state index contributed by atoms with van der Waals surface area (Å²) in [4.78, 5) is 20.3. The van der Waals surface area contributed by atoms with Crippen LogP contribution in [0, 0.1) is 11.3 Å². The summed E-state index contributed by atoms with van der Waals surface area (Å²) < 4.78 is 0. The predicted molar refractivity (Wildman–Crippen MR) is 76.4 cm³/mol. The normalized spacial score (nSPS) is 11.6. The maximum absolute atomic E-state index is 11.5. The maximum Gasteiger partial charge on any atom is 0.240 e. The third kappa shape index (κ3) is 3.44. The van der Waals surface area contributed by atoms with Crippen molar-refractivity contribution in [1.29, 1.82) is 5.26 Å². The Balaban J connectivity index is 2.14. The van der Waals surface area contributed by atoms with Gasteiger partial charge in [-0.15, -0.1) is 11.3 Å². The molecule has 0 aliphatic carbocycles. The first-order valence-electron chi connectivity index (χ1n) is 5.61. The van der Waals surface area contributed by atoms with Gasteiger partial charge in [-0.2, -0.15) is 5.26 Å². The van der Waals surface area contributed by atoms with E-state index in [9.17, 15) is 4.79 Å². The van der Waals surface area contributed by atoms with Crippen molar-refractivity contribution in [3.05, 3.63) is 39.4 Å². The Morgan fingerprint density at radius 2 is 2.45 bits per heavy atom. The zero-order valence-electron chi connectivity index (χ0n) is 10.2. The van der Waals surface area contributed by atoms with Gasteiger partial charge in [0.2, 0.25) is 5.91 Å². The third-order valence-electron chi connectivity index (χ3n) is 2.49. The number of hydrogen-bond acceptors (Lipinski definition) is 6. The number of primary amides is 1. The molecule has 2 rings (SSSR count). The van der Waals surface area contributed by atoms with Gasteiger partial charge in [-0.25, -0.2) is 9.97 Å². The van der Waals surface area contributed by atoms with Crippen molar-refractivity contribution in [2.24, 2.45) is 5.73 Å². The van der Waals surface area contributed by atoms with Gasteiger partial charge in [-0.3, -0.25) is 4.79 Å². The smallest absolute Gasteiger partial charge is 0.240 e. The standard InChI is InChI=1S/C12H10ClN5OS/c13-11-9(5-14)16-6-10(18-11)17-8(12(15)19)4-7-2-1-3-20-7/h1-3,6,8H,4H2,(H2,15,19)(H,17,18). The number of halogens is 1. The van der Waals surface area contributed by atoms with Gasteiger partial charge in [0.05, 0.1) is 6.20 Å². The van der Waals surface area contributed by atoms with E-state index in [0.717, 1.165) is 4.88 Å². The van der Waals surface area contributed by atoms with Crippen LogP contribution >= 0.6 is 22.9 Å². The maximum atomic E-state index is 11.5. The van der Waals surface area contributed by atoms with Crippen LogP contribution in [0.25, 0.3) is 0 Å². The fraction of sp³-hybridized carbons (Fsp3) is 0.167. The van der Waals surface area contributed by atoms with E-state index in [1.54, 1.807) is 0 Å². The molecule has 102 valence electrons. The van der Waals surface area contributed by atoms with Crippen LogP contribution in [0.5, 0.6) is 0 Å². The Morgan fingerprint density at radius 1 is 1.65 bits per heavy atom. The number of hydrogen-bond donors (Lipinski definition) is 2. The van der Waals surface area contributed by atoms with E-state index in [1.165, 1.54) is 17.5 Å². The Kier molecular flexibility index (Phi) is 4.50. The average Bonchev–Trinajstić information content (AvgIpc) is 2.91. The highest BCUT2D eigenvalue weighted by Gasteiger charge is 2.17. The number of nitrogens with two attached hydrogens (primary N) is 1. The number of rotatable bonds is 5. The van der Waals surface area contributed by atoms with E-state index in [1.807, 2.05) is 23.6 Å². The number of nitriles is 1. The molecule has 6 nitrogen and oxygen atoms in total. The lowest BCUT2D eigenvalue weighted by molar-refractivity contribution is -0.118. The lowest BCUT2D eigenvalue weighted by Crippen LogP contribution is -2.37. The van der Waals surface area contributed by atoms with Crippen LogP contribution in [0.4, 0.5) is 5.82 Å². The van der Waals surface area contributed by atoms with Gasteiger partial charge < -0.3 is 11.1 Å². The van der Waals surface area contributed by atoms with E-state index >= 15 is 0 Å². The van der Waals surface area contributed by atoms with Gasteiger partial charge >= 0.3 is 0 Å². The van der Waals surface area contributed by atoms with Crippen molar-refractivity contribution in [3.63, 3.8) is 0 Å². The largest absolute Gasteiger partial charge is 0.368 e. The number of anilines is 1. The second kappa shape index (κ2) is 6.32. The molecule has 0 aliphatic heterocycles. The van der Waals surface area contributed by atoms with E-state index < -0.39 is 11.9 Å². The summed E-state index contributed by atoms with van der Waals surface area (Å²) in [6.45, 7) is 0. The van der Waals surface area contributed by atoms with Gasteiger partial charge in [-0.1, -0.05) is 17.7 Å². The number of nitrogens with zero attached hydrogens (tertiary/aromatic N) is 3. The first-order valence-corrected chi connectivity index (χ1v) is 6.87. The number of thiophene rings is 1. The van der Waals surface area contributed by atoms with E-state index in [2.05, 4.69) is 15.3 Å². The lowest BCUT2D eigenvalue weighted by atomic mass is 10.1. The summed E-state index contributed by atoms with van der Waals surface area (Å²) in [5.74, 6) is -0.199. The van der Waals surface area contributed by atoms with Crippen LogP contribution < -0.4 is 11.1 Å². The van der Waals surface area contributed by atoms with Crippen LogP contribution in [0.2, 0.25) is 5.15 Å². The summed E-state index contributed by atoms with van der Waals surface area (Å²) in [6.07, 6.45) is 1.79. The third-order valence-corrected chi connectivity index (χ3v) is 3.65. The molecule has 20 heavy (non-hydrogen) atoms. The summed E-state index contributed by atoms with van der Waals surface area (Å²) in [5, 5.41) is 13.5. The minimum Gasteiger partial charge on any atom is -0.368 e. The lowest BCUT2D eigenvalue weighted by Gasteiger charge is -2.15. The molecule has 1 atom stereocenters. The monoisotopic (exact) mass is 307 g/mol. The highest BCUT2D eigenvalue weighted by Crippen LogP contribution is 2.16. The second-order valence-corrected chi connectivity index (χ2v) is 5.28. The van der Waals surface area contributed by atoms with E-state index in [0.29, 0.717) is 12.2 Å². The van der Waals surface area contributed by atoms with Crippen LogP contribution in [0.15, 0.2) is 23.7 Å². The summed E-state index contributed by atoms with van der Waals surface area (Å²) in [7, 11) is 0. The highest BCUT2D eigenvalue weighted by atomic mass is 35.5. The molecule has 1 unspecified atom stereocenters. The predicted octanol–water partition coefficient (Wildman–Crippen LogP) is 1.57. The SMILES string of the molecule is N#Cc1ncc(NC(Cc2cccs2)C(N)=O)nc1Cl. The number of carbonyl (C=O) groups is 1. The number of carbonyl (C=O) groups excluding carboxylic acids is 1. The molecule has 0 fully saturated rings. The zero-order valence-corrected chi connectivity index (χ0v) is 11.8. The average molecular weight is 308 g/mol. The minimum atomic E-state index is -0.619. The number of nitrogens with one attached hydrogen (secondary N) is 1. The summed E-state index contributed by atoms with van der Waals surface area (Å²) in [6, 6.07) is 5.01. The van der Waals surface area contributed by atoms with E-state index in [-0.39, 0.29) is 10.8 Å². The molecule has 0 saturated carbocycles. The molecule has 0 aliphatic rings. The topological polar surface area (TPSA) is 105 Å². The second-order valence-electron chi connectivity index (χ2n) is 3.89. The quantitative estimate of drug-likeness (QED) is 0.872. The molecule has 1 amide bonds. The Labute approximate surface area is 124 Å². The molecular formula is C12H10ClN5OS. The van der Waals surface area contributed by atoms with Gasteiger partial charge in [-0.05, 0) is 11.4 Å². The minimum absolute atomic E-state index is 0.0168. The van der Waals surface area contributed by atoms with Gasteiger partial charge in [0, 0.05) is 11.3 Å². The molecule has 0 bridgehead atoms. The van der Waals surface area contributed by atoms with Crippen LogP contribution in [-0.2, 0) is 11.2 Å². The molecule has 3 N–H and O–H groups in total. The molecule has 0 aromatic carbocycles. The molecule has 2 aromatic heterocycles. The first-order chi connectivity index (χ1) is 9.60. The van der Waals surface area contributed by atoms with Crippen LogP contribution in [-0.4, -0.2) is 21.9 Å². The Bertz CT molecular complexity index is 652. The van der Waals surface area contributed by atoms with Crippen LogP contribution in [0.3, 0.4) is 0 Å². The molecule has 0 spiro atoms. The summed E-state index contributed by atoms with van der Waals surface area (Å²) >= 11 is 7.32. The molecule has 2 aromatic rings. The van der Waals surface area contributed by atoms with Gasteiger partial charge in [0.15, 0.2) is 10.8 Å². The van der Waals surface area contributed by atoms with E-state index in [4.69, 9.17) is 22.6 Å². The van der Waals surface area contributed by atoms with Crippen molar-refractivity contribution < 1.29 is 4.79 Å². The van der Waals surface area contributed by atoms with Gasteiger partial charge in [0.25, 0.3) is 0 Å². The van der Waals surface area contributed by atoms with Crippen molar-refractivity contribution >= 4 is 34.7 Å². The Morgan fingerprint density at radius 3 is 3.00 bits per heavy atom. The van der Waals surface area contributed by atoms with Gasteiger partial charge in [0.1, 0.15) is 17.9 Å². The molecular weight excluding hydrogens is 298 g/mol.